The first-order valence-corrected chi connectivity index (χ1v) is 26.1. The molecule has 6 nitrogen and oxygen atoms in total. The predicted molar refractivity (Wildman–Crippen MR) is 273 cm³/mol. The highest BCUT2D eigenvalue weighted by Gasteiger charge is 2.24. The molecule has 0 saturated carbocycles. The van der Waals surface area contributed by atoms with E-state index in [-0.39, 0.29) is 24.9 Å². The summed E-state index contributed by atoms with van der Waals surface area (Å²) in [5, 5.41) is 23.8. The van der Waals surface area contributed by atoms with Gasteiger partial charge in [-0.15, -0.1) is 0 Å². The highest BCUT2D eigenvalue weighted by molar-refractivity contribution is 5.77. The van der Waals surface area contributed by atoms with Gasteiger partial charge in [-0.2, -0.15) is 0 Å². The molecule has 0 bridgehead atoms. The number of carbonyl (C=O) groups excluding carboxylic acids is 2. The minimum absolute atomic E-state index is 0.0302. The van der Waals surface area contributed by atoms with Crippen molar-refractivity contribution in [3.63, 3.8) is 0 Å². The smallest absolute Gasteiger partial charge is 0.306 e. The van der Waals surface area contributed by atoms with Gasteiger partial charge in [0.1, 0.15) is 6.10 Å². The van der Waals surface area contributed by atoms with E-state index in [1.54, 1.807) is 0 Å². The third kappa shape index (κ3) is 45.2. The first-order chi connectivity index (χ1) is 31.0. The summed E-state index contributed by atoms with van der Waals surface area (Å²) in [4.78, 5) is 26.1. The maximum absolute atomic E-state index is 13.2. The Bertz CT molecular complexity index is 1260. The van der Waals surface area contributed by atoms with Crippen molar-refractivity contribution >= 4 is 11.9 Å². The van der Waals surface area contributed by atoms with Crippen LogP contribution in [0.5, 0.6) is 0 Å². The Morgan fingerprint density at radius 2 is 0.857 bits per heavy atom. The van der Waals surface area contributed by atoms with Gasteiger partial charge in [-0.05, 0) is 70.6 Å². The van der Waals surface area contributed by atoms with Crippen LogP contribution in [0.25, 0.3) is 0 Å². The Morgan fingerprint density at radius 3 is 1.33 bits per heavy atom. The first-order valence-electron chi connectivity index (χ1n) is 26.1. The number of nitrogens with one attached hydrogen (secondary N) is 1. The molecule has 0 aliphatic rings. The molecule has 0 radical (unpaired) electrons. The zero-order valence-corrected chi connectivity index (χ0v) is 40.9. The topological polar surface area (TPSA) is 95.9 Å². The number of ether oxygens (including phenoxy) is 1. The molecule has 0 aliphatic heterocycles. The fourth-order valence-electron chi connectivity index (χ4n) is 7.39. The van der Waals surface area contributed by atoms with E-state index in [1.165, 1.54) is 96.3 Å². The van der Waals surface area contributed by atoms with E-state index in [9.17, 15) is 19.8 Å². The molecule has 0 aliphatic carbocycles. The fourth-order valence-corrected chi connectivity index (χ4v) is 7.39. The summed E-state index contributed by atoms with van der Waals surface area (Å²) in [6.45, 7) is 6.28. The van der Waals surface area contributed by atoms with E-state index >= 15 is 0 Å². The molecule has 0 rings (SSSR count). The average Bonchev–Trinajstić information content (AvgIpc) is 3.28. The van der Waals surface area contributed by atoms with Gasteiger partial charge < -0.3 is 20.3 Å². The molecule has 0 fully saturated rings. The lowest BCUT2D eigenvalue weighted by Gasteiger charge is -2.24. The molecule has 3 atom stereocenters. The quantitative estimate of drug-likeness (QED) is 0.0322. The molecule has 0 spiro atoms. The third-order valence-electron chi connectivity index (χ3n) is 11.3. The number of carbonyl (C=O) groups is 2. The van der Waals surface area contributed by atoms with Crippen molar-refractivity contribution in [2.75, 3.05) is 6.61 Å². The first kappa shape index (κ1) is 59.8. The van der Waals surface area contributed by atoms with Crippen LogP contribution in [-0.2, 0) is 14.3 Å². The standard InChI is InChI=1S/C57H97NO5/c1-4-7-10-13-16-19-22-25-27-29-31-33-36-39-42-45-48-53(63-57(62)50-47-44-41-38-35-30-24-21-18-15-12-9-6-3)51-56(61)58-54(52-59)55(60)49-46-43-40-37-34-32-28-26-23-20-17-14-11-8-5-2/h9,12,15-16,18-19,21-22,24-25,27,29-31,33,35,53-55,59-60H,4-8,10-11,13-14,17,20,23,26,28,32,34,36-52H2,1-3H3,(H,58,61)/b12-9+,18-15+,19-16+,24-21-,25-22+,29-27+,33-31+,35-30-. The molecule has 0 aromatic heterocycles. The second-order valence-corrected chi connectivity index (χ2v) is 17.4. The number of aliphatic hydroxyl groups is 2. The van der Waals surface area contributed by atoms with Crippen molar-refractivity contribution < 1.29 is 24.5 Å². The van der Waals surface area contributed by atoms with Crippen LogP contribution >= 0.6 is 0 Å². The van der Waals surface area contributed by atoms with Crippen LogP contribution in [0.1, 0.15) is 226 Å². The molecule has 360 valence electrons. The number of rotatable bonds is 45. The van der Waals surface area contributed by atoms with Gasteiger partial charge in [0, 0.05) is 6.42 Å². The van der Waals surface area contributed by atoms with Crippen LogP contribution < -0.4 is 5.32 Å². The zero-order chi connectivity index (χ0) is 45.9. The van der Waals surface area contributed by atoms with Gasteiger partial charge in [0.15, 0.2) is 0 Å². The Hall–Kier alpha value is -3.22. The van der Waals surface area contributed by atoms with Crippen molar-refractivity contribution in [2.45, 2.75) is 244 Å². The second kappa shape index (κ2) is 49.8. The molecule has 0 aromatic carbocycles. The Kier molecular flexibility index (Phi) is 47.2. The van der Waals surface area contributed by atoms with Crippen LogP contribution in [0, 0.1) is 0 Å². The van der Waals surface area contributed by atoms with Crippen LogP contribution in [0.4, 0.5) is 0 Å². The van der Waals surface area contributed by atoms with E-state index < -0.39 is 18.2 Å². The van der Waals surface area contributed by atoms with Gasteiger partial charge in [-0.3, -0.25) is 9.59 Å². The van der Waals surface area contributed by atoms with E-state index in [4.69, 9.17) is 4.74 Å². The maximum Gasteiger partial charge on any atom is 0.306 e. The van der Waals surface area contributed by atoms with Gasteiger partial charge in [0.25, 0.3) is 0 Å². The summed E-state index contributed by atoms with van der Waals surface area (Å²) in [7, 11) is 0. The third-order valence-corrected chi connectivity index (χ3v) is 11.3. The fraction of sp³-hybridized carbons (Fsp3) is 0.684. The molecule has 63 heavy (non-hydrogen) atoms. The number of allylic oxidation sites excluding steroid dienone is 16. The van der Waals surface area contributed by atoms with Gasteiger partial charge in [-0.25, -0.2) is 0 Å². The van der Waals surface area contributed by atoms with Crippen molar-refractivity contribution in [1.82, 2.24) is 5.32 Å². The molecule has 0 saturated heterocycles. The summed E-state index contributed by atoms with van der Waals surface area (Å²) in [5.74, 6) is -0.565. The number of unbranched alkanes of at least 4 members (excludes halogenated alkanes) is 23. The Morgan fingerprint density at radius 1 is 0.476 bits per heavy atom. The summed E-state index contributed by atoms with van der Waals surface area (Å²) in [6, 6.07) is -0.729. The van der Waals surface area contributed by atoms with Crippen LogP contribution in [0.3, 0.4) is 0 Å². The van der Waals surface area contributed by atoms with E-state index in [1.807, 2.05) is 48.6 Å². The van der Waals surface area contributed by atoms with Crippen molar-refractivity contribution in [1.29, 1.82) is 0 Å². The number of esters is 1. The van der Waals surface area contributed by atoms with Crippen molar-refractivity contribution in [3.05, 3.63) is 97.2 Å². The largest absolute Gasteiger partial charge is 0.462 e. The number of aliphatic hydroxyl groups excluding tert-OH is 2. The normalized spacial score (nSPS) is 14.0. The summed E-state index contributed by atoms with van der Waals surface area (Å²) in [5.41, 5.74) is 0. The number of hydrogen-bond acceptors (Lipinski definition) is 5. The summed E-state index contributed by atoms with van der Waals surface area (Å²) >= 11 is 0. The van der Waals surface area contributed by atoms with Gasteiger partial charge in [-0.1, -0.05) is 240 Å². The van der Waals surface area contributed by atoms with Crippen LogP contribution in [0.15, 0.2) is 97.2 Å². The molecular formula is C57H97NO5. The highest BCUT2D eigenvalue weighted by atomic mass is 16.5. The SMILES string of the molecule is CC/C=C/C=C/C=C\C=C/CCCCCC(=O)OC(CCCCC/C=C/C=C/C=C/C=C/CCCCC)CC(=O)NC(CO)C(O)CCCCCCCCCCCCCCCCC. The molecule has 3 N–H and O–H groups in total. The zero-order valence-electron chi connectivity index (χ0n) is 40.9. The average molecular weight is 876 g/mol. The lowest BCUT2D eigenvalue weighted by molar-refractivity contribution is -0.151. The van der Waals surface area contributed by atoms with Crippen molar-refractivity contribution in [3.8, 4) is 0 Å². The van der Waals surface area contributed by atoms with Gasteiger partial charge in [0.05, 0.1) is 25.2 Å². The summed E-state index contributed by atoms with van der Waals surface area (Å²) in [6.07, 6.45) is 66.0. The molecule has 1 amide bonds. The predicted octanol–water partition coefficient (Wildman–Crippen LogP) is 15.7. The lowest BCUT2D eigenvalue weighted by Crippen LogP contribution is -2.46. The lowest BCUT2D eigenvalue weighted by atomic mass is 10.0. The maximum atomic E-state index is 13.2. The minimum atomic E-state index is -0.811. The monoisotopic (exact) mass is 876 g/mol. The minimum Gasteiger partial charge on any atom is -0.462 e. The van der Waals surface area contributed by atoms with Crippen LogP contribution in [-0.4, -0.2) is 46.9 Å². The molecule has 3 unspecified atom stereocenters. The van der Waals surface area contributed by atoms with Gasteiger partial charge in [0.2, 0.25) is 5.91 Å². The molecular weight excluding hydrogens is 779 g/mol. The Balaban J connectivity index is 4.73. The highest BCUT2D eigenvalue weighted by Crippen LogP contribution is 2.17. The molecule has 0 aromatic rings. The number of amides is 1. The summed E-state index contributed by atoms with van der Waals surface area (Å²) < 4.78 is 5.90. The van der Waals surface area contributed by atoms with Crippen LogP contribution in [0.2, 0.25) is 0 Å². The van der Waals surface area contributed by atoms with E-state index in [0.717, 1.165) is 83.5 Å². The second-order valence-electron chi connectivity index (χ2n) is 17.4. The molecule has 0 heterocycles. The molecule has 6 heteroatoms. The van der Waals surface area contributed by atoms with E-state index in [0.29, 0.717) is 19.3 Å². The van der Waals surface area contributed by atoms with Crippen molar-refractivity contribution in [2.24, 2.45) is 0 Å². The van der Waals surface area contributed by atoms with E-state index in [2.05, 4.69) is 74.7 Å². The number of hydrogen-bond donors (Lipinski definition) is 3. The van der Waals surface area contributed by atoms with Gasteiger partial charge >= 0.3 is 5.97 Å². The Labute approximate surface area is 388 Å².